The number of amides is 1. The number of carbonyl (C=O) groups excluding carboxylic acids is 1. The second-order valence-corrected chi connectivity index (χ2v) is 6.18. The average Bonchev–Trinajstić information content (AvgIpc) is 3.04. The first kappa shape index (κ1) is 14.2. The van der Waals surface area contributed by atoms with E-state index in [1.165, 1.54) is 24.2 Å². The summed E-state index contributed by atoms with van der Waals surface area (Å²) < 4.78 is 0. The molecule has 0 aliphatic heterocycles. The lowest BCUT2D eigenvalue weighted by Crippen LogP contribution is -2.10. The van der Waals surface area contributed by atoms with Gasteiger partial charge in [-0.2, -0.15) is 0 Å². The molecule has 0 bridgehead atoms. The minimum Gasteiger partial charge on any atom is -0.302 e. The lowest BCUT2D eigenvalue weighted by atomic mass is 10.1. The summed E-state index contributed by atoms with van der Waals surface area (Å²) in [6, 6.07) is 4.04. The second kappa shape index (κ2) is 7.40. The van der Waals surface area contributed by atoms with E-state index in [2.05, 4.69) is 17.2 Å². The number of aromatic nitrogens is 1. The van der Waals surface area contributed by atoms with Gasteiger partial charge in [-0.3, -0.25) is 4.79 Å². The molecule has 0 saturated carbocycles. The van der Waals surface area contributed by atoms with Gasteiger partial charge in [0, 0.05) is 11.8 Å². The Kier molecular flexibility index (Phi) is 5.54. The Balaban J connectivity index is 1.81. The maximum absolute atomic E-state index is 11.7. The number of hydrogen-bond acceptors (Lipinski definition) is 4. The molecule has 0 fully saturated rings. The van der Waals surface area contributed by atoms with Crippen molar-refractivity contribution in [2.24, 2.45) is 0 Å². The van der Waals surface area contributed by atoms with Crippen LogP contribution in [0.3, 0.4) is 0 Å². The molecule has 102 valence electrons. The second-order valence-electron chi connectivity index (χ2n) is 4.37. The quantitative estimate of drug-likeness (QED) is 0.747. The van der Waals surface area contributed by atoms with Gasteiger partial charge in [-0.05, 0) is 17.9 Å². The first-order valence-corrected chi connectivity index (χ1v) is 8.34. The van der Waals surface area contributed by atoms with E-state index < -0.39 is 0 Å². The van der Waals surface area contributed by atoms with Crippen LogP contribution in [0.2, 0.25) is 0 Å². The van der Waals surface area contributed by atoms with E-state index in [0.29, 0.717) is 11.6 Å². The molecule has 0 radical (unpaired) electrons. The van der Waals surface area contributed by atoms with Crippen LogP contribution >= 0.6 is 22.7 Å². The van der Waals surface area contributed by atoms with E-state index >= 15 is 0 Å². The van der Waals surface area contributed by atoms with Crippen molar-refractivity contribution in [3.05, 3.63) is 22.9 Å². The maximum atomic E-state index is 11.7. The largest absolute Gasteiger partial charge is 0.302 e. The number of rotatable bonds is 7. The highest BCUT2D eigenvalue weighted by Gasteiger charge is 2.08. The Morgan fingerprint density at radius 2 is 2.21 bits per heavy atom. The number of thiazole rings is 1. The van der Waals surface area contributed by atoms with Crippen LogP contribution in [0.5, 0.6) is 0 Å². The third kappa shape index (κ3) is 4.44. The zero-order chi connectivity index (χ0) is 13.5. The van der Waals surface area contributed by atoms with Gasteiger partial charge in [0.1, 0.15) is 0 Å². The standard InChI is InChI=1S/C14H18N2OS2/c1-2-3-4-5-8-13(17)16-14-15-11(10-19-14)12-7-6-9-18-12/h6-7,9-10H,2-5,8H2,1H3,(H,15,16,17). The lowest BCUT2D eigenvalue weighted by molar-refractivity contribution is -0.116. The van der Waals surface area contributed by atoms with Crippen LogP contribution in [0.15, 0.2) is 22.9 Å². The predicted octanol–water partition coefficient (Wildman–Crippen LogP) is 4.78. The van der Waals surface area contributed by atoms with Crippen molar-refractivity contribution in [2.45, 2.75) is 39.0 Å². The number of nitrogens with one attached hydrogen (secondary N) is 1. The number of carbonyl (C=O) groups is 1. The molecule has 0 aromatic carbocycles. The molecule has 2 rings (SSSR count). The Hall–Kier alpha value is -1.20. The molecule has 1 amide bonds. The van der Waals surface area contributed by atoms with E-state index in [1.54, 1.807) is 11.3 Å². The molecule has 2 heterocycles. The summed E-state index contributed by atoms with van der Waals surface area (Å²) in [4.78, 5) is 17.3. The first-order valence-electron chi connectivity index (χ1n) is 6.59. The van der Waals surface area contributed by atoms with E-state index in [1.807, 2.05) is 22.9 Å². The Bertz CT molecular complexity index is 505. The van der Waals surface area contributed by atoms with Gasteiger partial charge in [0.05, 0.1) is 10.6 Å². The SMILES string of the molecule is CCCCCCC(=O)Nc1nc(-c2cccs2)cs1. The van der Waals surface area contributed by atoms with Crippen LogP contribution in [0.1, 0.15) is 39.0 Å². The van der Waals surface area contributed by atoms with Crippen LogP contribution in [0.4, 0.5) is 5.13 Å². The van der Waals surface area contributed by atoms with Gasteiger partial charge in [-0.15, -0.1) is 22.7 Å². The van der Waals surface area contributed by atoms with Crippen LogP contribution in [0.25, 0.3) is 10.6 Å². The fourth-order valence-corrected chi connectivity index (χ4v) is 3.25. The third-order valence-corrected chi connectivity index (χ3v) is 4.43. The molecule has 3 nitrogen and oxygen atoms in total. The van der Waals surface area contributed by atoms with Gasteiger partial charge in [0.15, 0.2) is 5.13 Å². The molecule has 0 aliphatic carbocycles. The molecular formula is C14H18N2OS2. The molecule has 0 unspecified atom stereocenters. The van der Waals surface area contributed by atoms with Gasteiger partial charge in [0.2, 0.25) is 5.91 Å². The van der Waals surface area contributed by atoms with Crippen molar-refractivity contribution in [3.63, 3.8) is 0 Å². The minimum atomic E-state index is 0.0724. The molecule has 0 saturated heterocycles. The van der Waals surface area contributed by atoms with Gasteiger partial charge >= 0.3 is 0 Å². The average molecular weight is 294 g/mol. The molecule has 0 aliphatic rings. The molecule has 0 spiro atoms. The summed E-state index contributed by atoms with van der Waals surface area (Å²) >= 11 is 3.14. The molecule has 5 heteroatoms. The van der Waals surface area contributed by atoms with Crippen molar-refractivity contribution in [2.75, 3.05) is 5.32 Å². The highest BCUT2D eigenvalue weighted by atomic mass is 32.1. The molecule has 19 heavy (non-hydrogen) atoms. The predicted molar refractivity (Wildman–Crippen MR) is 82.8 cm³/mol. The zero-order valence-electron chi connectivity index (χ0n) is 11.0. The van der Waals surface area contributed by atoms with Crippen LogP contribution in [0, 0.1) is 0 Å². The van der Waals surface area contributed by atoms with E-state index in [-0.39, 0.29) is 5.91 Å². The number of nitrogens with zero attached hydrogens (tertiary/aromatic N) is 1. The molecule has 1 N–H and O–H groups in total. The Morgan fingerprint density at radius 3 is 2.95 bits per heavy atom. The number of anilines is 1. The van der Waals surface area contributed by atoms with Gasteiger partial charge in [-0.25, -0.2) is 4.98 Å². The van der Waals surface area contributed by atoms with Crippen molar-refractivity contribution < 1.29 is 4.79 Å². The lowest BCUT2D eigenvalue weighted by Gasteiger charge is -2.01. The fraction of sp³-hybridized carbons (Fsp3) is 0.429. The summed E-state index contributed by atoms with van der Waals surface area (Å²) in [6.45, 7) is 2.17. The molecule has 2 aromatic heterocycles. The summed E-state index contributed by atoms with van der Waals surface area (Å²) in [5.41, 5.74) is 0.946. The third-order valence-electron chi connectivity index (χ3n) is 2.78. The van der Waals surface area contributed by atoms with Crippen molar-refractivity contribution in [3.8, 4) is 10.6 Å². The highest BCUT2D eigenvalue weighted by molar-refractivity contribution is 7.16. The monoisotopic (exact) mass is 294 g/mol. The summed E-state index contributed by atoms with van der Waals surface area (Å²) in [7, 11) is 0. The number of thiophene rings is 1. The first-order chi connectivity index (χ1) is 9.29. The summed E-state index contributed by atoms with van der Waals surface area (Å²) in [5, 5.41) is 7.59. The van der Waals surface area contributed by atoms with Crippen molar-refractivity contribution in [1.29, 1.82) is 0 Å². The summed E-state index contributed by atoms with van der Waals surface area (Å²) in [5.74, 6) is 0.0724. The van der Waals surface area contributed by atoms with Gasteiger partial charge < -0.3 is 5.32 Å². The Labute approximate surface area is 121 Å². The zero-order valence-corrected chi connectivity index (χ0v) is 12.6. The Morgan fingerprint density at radius 1 is 1.32 bits per heavy atom. The number of unbranched alkanes of at least 4 members (excludes halogenated alkanes) is 3. The minimum absolute atomic E-state index is 0.0724. The van der Waals surface area contributed by atoms with Crippen LogP contribution in [-0.2, 0) is 4.79 Å². The topological polar surface area (TPSA) is 42.0 Å². The van der Waals surface area contributed by atoms with Crippen molar-refractivity contribution in [1.82, 2.24) is 4.98 Å². The smallest absolute Gasteiger partial charge is 0.226 e. The number of hydrogen-bond donors (Lipinski definition) is 1. The van der Waals surface area contributed by atoms with Gasteiger partial charge in [-0.1, -0.05) is 32.3 Å². The van der Waals surface area contributed by atoms with Gasteiger partial charge in [0.25, 0.3) is 0 Å². The van der Waals surface area contributed by atoms with E-state index in [4.69, 9.17) is 0 Å². The van der Waals surface area contributed by atoms with E-state index in [9.17, 15) is 4.79 Å². The van der Waals surface area contributed by atoms with Crippen LogP contribution < -0.4 is 5.32 Å². The molecule has 2 aromatic rings. The maximum Gasteiger partial charge on any atom is 0.226 e. The summed E-state index contributed by atoms with van der Waals surface area (Å²) in [6.07, 6.45) is 5.07. The fourth-order valence-electron chi connectivity index (χ4n) is 1.76. The van der Waals surface area contributed by atoms with Crippen molar-refractivity contribution >= 4 is 33.7 Å². The molecular weight excluding hydrogens is 276 g/mol. The molecule has 0 atom stereocenters. The van der Waals surface area contributed by atoms with E-state index in [0.717, 1.165) is 23.4 Å². The van der Waals surface area contributed by atoms with Crippen LogP contribution in [-0.4, -0.2) is 10.9 Å². The normalized spacial score (nSPS) is 10.6. The highest BCUT2D eigenvalue weighted by Crippen LogP contribution is 2.28.